The summed E-state index contributed by atoms with van der Waals surface area (Å²) in [6, 6.07) is 4.32. The number of halogens is 1. The van der Waals surface area contributed by atoms with Crippen molar-refractivity contribution < 1.29 is 18.3 Å². The van der Waals surface area contributed by atoms with E-state index >= 15 is 0 Å². The molecule has 0 fully saturated rings. The van der Waals surface area contributed by atoms with Crippen molar-refractivity contribution >= 4 is 21.6 Å². The van der Waals surface area contributed by atoms with Gasteiger partial charge in [-0.2, -0.15) is 0 Å². The van der Waals surface area contributed by atoms with Gasteiger partial charge < -0.3 is 9.84 Å². The van der Waals surface area contributed by atoms with Crippen molar-refractivity contribution in [2.24, 2.45) is 0 Å². The van der Waals surface area contributed by atoms with Gasteiger partial charge >= 0.3 is 0 Å². The van der Waals surface area contributed by atoms with E-state index in [4.69, 9.17) is 21.4 Å². The molecule has 0 saturated heterocycles. The Labute approximate surface area is 118 Å². The van der Waals surface area contributed by atoms with Crippen molar-refractivity contribution in [2.75, 3.05) is 20.3 Å². The molecule has 0 aliphatic carbocycles. The SMILES string of the molecule is COc1ccc(S(=O)(=O)NCCCCCO)cc1Cl. The van der Waals surface area contributed by atoms with Gasteiger partial charge in [-0.15, -0.1) is 0 Å². The van der Waals surface area contributed by atoms with E-state index in [2.05, 4.69) is 4.72 Å². The minimum absolute atomic E-state index is 0.112. The van der Waals surface area contributed by atoms with E-state index in [1.165, 1.54) is 25.3 Å². The summed E-state index contributed by atoms with van der Waals surface area (Å²) in [6.45, 7) is 0.465. The Kier molecular flexibility index (Phi) is 6.57. The van der Waals surface area contributed by atoms with Crippen LogP contribution < -0.4 is 9.46 Å². The lowest BCUT2D eigenvalue weighted by Crippen LogP contribution is -2.24. The molecule has 0 saturated carbocycles. The highest BCUT2D eigenvalue weighted by molar-refractivity contribution is 7.89. The van der Waals surface area contributed by atoms with Crippen LogP contribution in [0.15, 0.2) is 23.1 Å². The van der Waals surface area contributed by atoms with Crippen molar-refractivity contribution in [2.45, 2.75) is 24.2 Å². The zero-order valence-corrected chi connectivity index (χ0v) is 12.3. The van der Waals surface area contributed by atoms with Gasteiger partial charge in [-0.3, -0.25) is 0 Å². The van der Waals surface area contributed by atoms with E-state index in [0.29, 0.717) is 25.1 Å². The average molecular weight is 308 g/mol. The normalized spacial score (nSPS) is 11.5. The van der Waals surface area contributed by atoms with Gasteiger partial charge in [0.1, 0.15) is 5.75 Å². The standard InChI is InChI=1S/C12H18ClNO4S/c1-18-12-6-5-10(9-11(12)13)19(16,17)14-7-3-2-4-8-15/h5-6,9,14-15H,2-4,7-8H2,1H3. The Bertz CT molecular complexity index is 504. The molecule has 5 nitrogen and oxygen atoms in total. The molecule has 1 aromatic carbocycles. The van der Waals surface area contributed by atoms with E-state index in [1.807, 2.05) is 0 Å². The smallest absolute Gasteiger partial charge is 0.240 e. The van der Waals surface area contributed by atoms with Crippen LogP contribution in [0.1, 0.15) is 19.3 Å². The van der Waals surface area contributed by atoms with E-state index in [1.54, 1.807) is 0 Å². The second-order valence-corrected chi connectivity index (χ2v) is 6.15. The Balaban J connectivity index is 2.64. The number of aliphatic hydroxyl groups excluding tert-OH is 1. The van der Waals surface area contributed by atoms with Crippen LogP contribution in [-0.4, -0.2) is 33.8 Å². The van der Waals surface area contributed by atoms with Crippen molar-refractivity contribution in [1.29, 1.82) is 0 Å². The van der Waals surface area contributed by atoms with Crippen molar-refractivity contribution in [1.82, 2.24) is 4.72 Å². The van der Waals surface area contributed by atoms with Gasteiger partial charge in [0.2, 0.25) is 10.0 Å². The molecular weight excluding hydrogens is 290 g/mol. The summed E-state index contributed by atoms with van der Waals surface area (Å²) in [5.41, 5.74) is 0. The van der Waals surface area contributed by atoms with Crippen LogP contribution in [0.2, 0.25) is 5.02 Å². The van der Waals surface area contributed by atoms with Gasteiger partial charge in [-0.05, 0) is 37.5 Å². The van der Waals surface area contributed by atoms with E-state index < -0.39 is 10.0 Å². The lowest BCUT2D eigenvalue weighted by Gasteiger charge is -2.08. The minimum atomic E-state index is -3.55. The molecular formula is C12H18ClNO4S. The topological polar surface area (TPSA) is 75.6 Å². The average Bonchev–Trinajstić information content (AvgIpc) is 2.38. The number of hydrogen-bond donors (Lipinski definition) is 2. The maximum atomic E-state index is 12.0. The molecule has 0 heterocycles. The fraction of sp³-hybridized carbons (Fsp3) is 0.500. The van der Waals surface area contributed by atoms with E-state index in [0.717, 1.165) is 6.42 Å². The van der Waals surface area contributed by atoms with E-state index in [9.17, 15) is 8.42 Å². The highest BCUT2D eigenvalue weighted by atomic mass is 35.5. The third-order valence-corrected chi connectivity index (χ3v) is 4.31. The number of methoxy groups -OCH3 is 1. The monoisotopic (exact) mass is 307 g/mol. The highest BCUT2D eigenvalue weighted by Crippen LogP contribution is 2.26. The van der Waals surface area contributed by atoms with Crippen molar-refractivity contribution in [3.05, 3.63) is 23.2 Å². The quantitative estimate of drug-likeness (QED) is 0.718. The summed E-state index contributed by atoms with van der Waals surface area (Å²) in [7, 11) is -2.08. The first-order chi connectivity index (χ1) is 9.01. The maximum Gasteiger partial charge on any atom is 0.240 e. The van der Waals surface area contributed by atoms with Crippen molar-refractivity contribution in [3.8, 4) is 5.75 Å². The zero-order chi connectivity index (χ0) is 14.3. The number of nitrogens with one attached hydrogen (secondary N) is 1. The number of hydrogen-bond acceptors (Lipinski definition) is 4. The predicted molar refractivity (Wildman–Crippen MR) is 74.1 cm³/mol. The molecule has 0 aliphatic heterocycles. The molecule has 108 valence electrons. The van der Waals surface area contributed by atoms with Crippen LogP contribution in [0.5, 0.6) is 5.75 Å². The fourth-order valence-electron chi connectivity index (χ4n) is 1.52. The minimum Gasteiger partial charge on any atom is -0.495 e. The first-order valence-electron chi connectivity index (χ1n) is 5.95. The number of rotatable bonds is 8. The lowest BCUT2D eigenvalue weighted by molar-refractivity contribution is 0.283. The molecule has 0 amide bonds. The molecule has 19 heavy (non-hydrogen) atoms. The Hall–Kier alpha value is -0.820. The largest absolute Gasteiger partial charge is 0.495 e. The molecule has 1 aromatic rings. The highest BCUT2D eigenvalue weighted by Gasteiger charge is 2.15. The summed E-state index contributed by atoms with van der Waals surface area (Å²) in [4.78, 5) is 0.112. The number of aliphatic hydroxyl groups is 1. The summed E-state index contributed by atoms with van der Waals surface area (Å²) >= 11 is 5.89. The third-order valence-electron chi connectivity index (χ3n) is 2.56. The van der Waals surface area contributed by atoms with Gasteiger partial charge in [0.25, 0.3) is 0 Å². The summed E-state index contributed by atoms with van der Waals surface area (Å²) < 4.78 is 31.4. The molecule has 0 bridgehead atoms. The van der Waals surface area contributed by atoms with Crippen LogP contribution in [0.3, 0.4) is 0 Å². The summed E-state index contributed by atoms with van der Waals surface area (Å²) in [6.07, 6.45) is 2.14. The Morgan fingerprint density at radius 3 is 2.63 bits per heavy atom. The first kappa shape index (κ1) is 16.2. The third kappa shape index (κ3) is 4.99. The van der Waals surface area contributed by atoms with Crippen LogP contribution in [-0.2, 0) is 10.0 Å². The number of ether oxygens (including phenoxy) is 1. The second kappa shape index (κ2) is 7.69. The molecule has 0 unspecified atom stereocenters. The molecule has 7 heteroatoms. The summed E-state index contributed by atoms with van der Waals surface area (Å²) in [5.74, 6) is 0.434. The van der Waals surface area contributed by atoms with Gasteiger partial charge in [0.15, 0.2) is 0 Å². The van der Waals surface area contributed by atoms with Crippen LogP contribution in [0.4, 0.5) is 0 Å². The predicted octanol–water partition coefficient (Wildman–Crippen LogP) is 1.79. The van der Waals surface area contributed by atoms with Crippen LogP contribution in [0.25, 0.3) is 0 Å². The first-order valence-corrected chi connectivity index (χ1v) is 7.81. The zero-order valence-electron chi connectivity index (χ0n) is 10.7. The number of sulfonamides is 1. The second-order valence-electron chi connectivity index (χ2n) is 3.98. The van der Waals surface area contributed by atoms with Gasteiger partial charge in [0.05, 0.1) is 17.0 Å². The molecule has 1 rings (SSSR count). The van der Waals surface area contributed by atoms with Gasteiger partial charge in [0, 0.05) is 13.2 Å². The van der Waals surface area contributed by atoms with Crippen molar-refractivity contribution in [3.63, 3.8) is 0 Å². The molecule has 0 spiro atoms. The maximum absolute atomic E-state index is 12.0. The van der Waals surface area contributed by atoms with Crippen LogP contribution >= 0.6 is 11.6 Å². The van der Waals surface area contributed by atoms with Crippen LogP contribution in [0, 0.1) is 0 Å². The molecule has 2 N–H and O–H groups in total. The fourth-order valence-corrected chi connectivity index (χ4v) is 2.94. The lowest BCUT2D eigenvalue weighted by atomic mass is 10.2. The number of benzene rings is 1. The molecule has 0 atom stereocenters. The molecule has 0 radical (unpaired) electrons. The summed E-state index contributed by atoms with van der Waals surface area (Å²) in [5, 5.41) is 8.87. The van der Waals surface area contributed by atoms with Gasteiger partial charge in [-0.1, -0.05) is 11.6 Å². The van der Waals surface area contributed by atoms with E-state index in [-0.39, 0.29) is 16.5 Å². The molecule has 0 aliphatic rings. The van der Waals surface area contributed by atoms with Gasteiger partial charge in [-0.25, -0.2) is 13.1 Å². The molecule has 0 aromatic heterocycles. The Morgan fingerprint density at radius 2 is 2.05 bits per heavy atom. The Morgan fingerprint density at radius 1 is 1.32 bits per heavy atom. The number of unbranched alkanes of at least 4 members (excludes halogenated alkanes) is 2.